The number of benzene rings is 2. The van der Waals surface area contributed by atoms with Crippen molar-refractivity contribution in [3.05, 3.63) is 81.4 Å². The predicted molar refractivity (Wildman–Crippen MR) is 133 cm³/mol. The summed E-state index contributed by atoms with van der Waals surface area (Å²) in [4.78, 5) is 41.9. The van der Waals surface area contributed by atoms with Gasteiger partial charge in [0.2, 0.25) is 5.91 Å². The normalized spacial score (nSPS) is 11.0. The molecule has 0 unspecified atom stereocenters. The molecule has 0 radical (unpaired) electrons. The molecule has 2 aromatic carbocycles. The van der Waals surface area contributed by atoms with Crippen LogP contribution in [-0.2, 0) is 22.5 Å². The molecule has 0 atom stereocenters. The zero-order valence-electron chi connectivity index (χ0n) is 20.2. The number of aromatic nitrogens is 4. The maximum atomic E-state index is 13.2. The van der Waals surface area contributed by atoms with Crippen LogP contribution in [0.2, 0.25) is 0 Å². The largest absolute Gasteiger partial charge is 0.465 e. The summed E-state index contributed by atoms with van der Waals surface area (Å²) >= 11 is 0. The summed E-state index contributed by atoms with van der Waals surface area (Å²) in [6, 6.07) is 14.3. The van der Waals surface area contributed by atoms with Crippen molar-refractivity contribution in [2.45, 2.75) is 40.2 Å². The second-order valence-electron chi connectivity index (χ2n) is 8.23. The first-order chi connectivity index (χ1) is 16.8. The van der Waals surface area contributed by atoms with E-state index < -0.39 is 5.97 Å². The Balaban J connectivity index is 1.57. The van der Waals surface area contributed by atoms with Crippen molar-refractivity contribution >= 4 is 28.7 Å². The summed E-state index contributed by atoms with van der Waals surface area (Å²) < 4.78 is 8.07. The van der Waals surface area contributed by atoms with Gasteiger partial charge >= 0.3 is 5.97 Å². The van der Waals surface area contributed by atoms with Crippen LogP contribution < -0.4 is 10.9 Å². The van der Waals surface area contributed by atoms with Gasteiger partial charge < -0.3 is 10.1 Å². The van der Waals surface area contributed by atoms with Gasteiger partial charge in [-0.15, -0.1) is 0 Å². The minimum absolute atomic E-state index is 0.0847. The minimum atomic E-state index is -0.447. The zero-order chi connectivity index (χ0) is 25.1. The van der Waals surface area contributed by atoms with Crippen LogP contribution in [0.15, 0.2) is 53.3 Å². The number of ether oxygens (including phenoxy) is 1. The third-order valence-electron chi connectivity index (χ3n) is 5.77. The average Bonchev–Trinajstić information content (AvgIpc) is 3.19. The van der Waals surface area contributed by atoms with E-state index in [9.17, 15) is 14.4 Å². The Labute approximate surface area is 202 Å². The summed E-state index contributed by atoms with van der Waals surface area (Å²) in [7, 11) is 1.31. The summed E-state index contributed by atoms with van der Waals surface area (Å²) in [5.74, 6) is -0.704. The first-order valence-corrected chi connectivity index (χ1v) is 11.4. The maximum Gasteiger partial charge on any atom is 0.337 e. The van der Waals surface area contributed by atoms with Crippen LogP contribution in [0.5, 0.6) is 0 Å². The van der Waals surface area contributed by atoms with Gasteiger partial charge in [0.25, 0.3) is 5.56 Å². The van der Waals surface area contributed by atoms with E-state index in [2.05, 4.69) is 20.1 Å². The van der Waals surface area contributed by atoms with Crippen molar-refractivity contribution in [1.29, 1.82) is 0 Å². The number of rotatable bonds is 7. The highest BCUT2D eigenvalue weighted by molar-refractivity contribution is 5.93. The fourth-order valence-corrected chi connectivity index (χ4v) is 3.90. The SMILES string of the molecule is CCn1c(=O)c(CCC(=O)Nc2ccc(C(=O)OC)cc2)nc2c(C)nn(-c3ccc(C)cc3)c21. The van der Waals surface area contributed by atoms with Crippen LogP contribution in [0, 0.1) is 13.8 Å². The zero-order valence-corrected chi connectivity index (χ0v) is 20.2. The molecule has 2 heterocycles. The van der Waals surface area contributed by atoms with Crippen LogP contribution in [0.1, 0.15) is 40.7 Å². The molecule has 9 nitrogen and oxygen atoms in total. The number of hydrogen-bond acceptors (Lipinski definition) is 6. The molecule has 2 aromatic heterocycles. The molecule has 9 heteroatoms. The first-order valence-electron chi connectivity index (χ1n) is 11.4. The summed E-state index contributed by atoms with van der Waals surface area (Å²) in [6.45, 7) is 6.22. The van der Waals surface area contributed by atoms with Crippen molar-refractivity contribution in [2.75, 3.05) is 12.4 Å². The lowest BCUT2D eigenvalue weighted by Gasteiger charge is -2.11. The standard InChI is InChI=1S/C26H27N5O4/c1-5-30-24-23(17(3)29-31(24)20-12-6-16(2)7-13-20)28-21(25(30)33)14-15-22(32)27-19-10-8-18(9-11-19)26(34)35-4/h6-13H,5,14-15H2,1-4H3,(H,27,32). The Morgan fingerprint density at radius 3 is 2.34 bits per heavy atom. The topological polar surface area (TPSA) is 108 Å². The van der Waals surface area contributed by atoms with E-state index in [4.69, 9.17) is 0 Å². The number of amides is 1. The van der Waals surface area contributed by atoms with Gasteiger partial charge in [-0.25, -0.2) is 14.5 Å². The quantitative estimate of drug-likeness (QED) is 0.411. The number of nitrogens with zero attached hydrogens (tertiary/aromatic N) is 4. The lowest BCUT2D eigenvalue weighted by Crippen LogP contribution is -2.27. The molecule has 0 aliphatic carbocycles. The van der Waals surface area contributed by atoms with Crippen molar-refractivity contribution in [1.82, 2.24) is 19.3 Å². The summed E-state index contributed by atoms with van der Waals surface area (Å²) in [6.07, 6.45) is 0.275. The lowest BCUT2D eigenvalue weighted by molar-refractivity contribution is -0.116. The van der Waals surface area contributed by atoms with Gasteiger partial charge in [-0.3, -0.25) is 14.2 Å². The van der Waals surface area contributed by atoms with E-state index in [0.717, 1.165) is 11.3 Å². The lowest BCUT2D eigenvalue weighted by atomic mass is 10.2. The molecule has 4 aromatic rings. The van der Waals surface area contributed by atoms with E-state index in [1.54, 1.807) is 33.5 Å². The maximum absolute atomic E-state index is 13.2. The Bertz CT molecular complexity index is 1450. The average molecular weight is 474 g/mol. The van der Waals surface area contributed by atoms with Crippen LogP contribution in [-0.4, -0.2) is 38.3 Å². The van der Waals surface area contributed by atoms with E-state index in [0.29, 0.717) is 40.3 Å². The van der Waals surface area contributed by atoms with Gasteiger partial charge in [-0.05, 0) is 57.2 Å². The van der Waals surface area contributed by atoms with Gasteiger partial charge in [0.05, 0.1) is 24.1 Å². The minimum Gasteiger partial charge on any atom is -0.465 e. The number of carbonyl (C=O) groups is 2. The van der Waals surface area contributed by atoms with E-state index in [1.807, 2.05) is 45.0 Å². The molecule has 0 fully saturated rings. The van der Waals surface area contributed by atoms with Crippen LogP contribution >= 0.6 is 0 Å². The highest BCUT2D eigenvalue weighted by Crippen LogP contribution is 2.20. The molecule has 1 N–H and O–H groups in total. The number of nitrogens with one attached hydrogen (secondary N) is 1. The third kappa shape index (κ3) is 4.84. The predicted octanol–water partition coefficient (Wildman–Crippen LogP) is 3.58. The van der Waals surface area contributed by atoms with Gasteiger partial charge in [0, 0.05) is 25.1 Å². The molecular weight excluding hydrogens is 446 g/mol. The van der Waals surface area contributed by atoms with Crippen molar-refractivity contribution in [3.63, 3.8) is 0 Å². The number of hydrogen-bond donors (Lipinski definition) is 1. The molecular formula is C26H27N5O4. The van der Waals surface area contributed by atoms with Gasteiger partial charge in [-0.1, -0.05) is 17.7 Å². The van der Waals surface area contributed by atoms with E-state index >= 15 is 0 Å². The first kappa shape index (κ1) is 23.9. The second kappa shape index (κ2) is 9.92. The number of fused-ring (bicyclic) bond motifs is 1. The molecule has 4 rings (SSSR count). The molecule has 0 bridgehead atoms. The Morgan fingerprint density at radius 1 is 1.03 bits per heavy atom. The highest BCUT2D eigenvalue weighted by atomic mass is 16.5. The Kier molecular flexibility index (Phi) is 6.77. The summed E-state index contributed by atoms with van der Waals surface area (Å²) in [5, 5.41) is 7.42. The Hall–Kier alpha value is -4.27. The smallest absolute Gasteiger partial charge is 0.337 e. The highest BCUT2D eigenvalue weighted by Gasteiger charge is 2.19. The number of methoxy groups -OCH3 is 1. The Morgan fingerprint density at radius 2 is 1.71 bits per heavy atom. The number of esters is 1. The van der Waals surface area contributed by atoms with Crippen molar-refractivity contribution in [3.8, 4) is 5.69 Å². The molecule has 0 saturated carbocycles. The van der Waals surface area contributed by atoms with Crippen molar-refractivity contribution < 1.29 is 14.3 Å². The van der Waals surface area contributed by atoms with E-state index in [1.165, 1.54) is 7.11 Å². The van der Waals surface area contributed by atoms with Crippen molar-refractivity contribution in [2.24, 2.45) is 0 Å². The molecule has 180 valence electrons. The number of aryl methyl sites for hydroxylation is 4. The number of anilines is 1. The van der Waals surface area contributed by atoms with Crippen LogP contribution in [0.25, 0.3) is 16.9 Å². The van der Waals surface area contributed by atoms with E-state index in [-0.39, 0.29) is 24.3 Å². The molecule has 0 aliphatic rings. The van der Waals surface area contributed by atoms with Crippen LogP contribution in [0.4, 0.5) is 5.69 Å². The molecule has 0 spiro atoms. The fraction of sp³-hybridized carbons (Fsp3) is 0.269. The fourth-order valence-electron chi connectivity index (χ4n) is 3.90. The summed E-state index contributed by atoms with van der Waals surface area (Å²) in [5.41, 5.74) is 5.00. The number of carbonyl (C=O) groups excluding carboxylic acids is 2. The van der Waals surface area contributed by atoms with Gasteiger partial charge in [0.15, 0.2) is 5.65 Å². The monoisotopic (exact) mass is 473 g/mol. The van der Waals surface area contributed by atoms with Gasteiger partial charge in [-0.2, -0.15) is 5.10 Å². The molecule has 0 saturated heterocycles. The molecule has 0 aliphatic heterocycles. The molecule has 35 heavy (non-hydrogen) atoms. The van der Waals surface area contributed by atoms with Gasteiger partial charge in [0.1, 0.15) is 11.2 Å². The third-order valence-corrected chi connectivity index (χ3v) is 5.77. The van der Waals surface area contributed by atoms with Crippen LogP contribution in [0.3, 0.4) is 0 Å². The molecule has 1 amide bonds. The second-order valence-corrected chi connectivity index (χ2v) is 8.23.